The van der Waals surface area contributed by atoms with Crippen molar-refractivity contribution in [2.45, 2.75) is 31.8 Å². The highest BCUT2D eigenvalue weighted by Gasteiger charge is 2.07. The van der Waals surface area contributed by atoms with Crippen LogP contribution >= 0.6 is 11.8 Å². The number of amides is 1. The molecular formula is C20H23NO3S. The summed E-state index contributed by atoms with van der Waals surface area (Å²) in [5.41, 5.74) is 3.43. The lowest BCUT2D eigenvalue weighted by molar-refractivity contribution is -0.145. The quantitative estimate of drug-likeness (QED) is 0.579. The van der Waals surface area contributed by atoms with Gasteiger partial charge in [-0.3, -0.25) is 9.59 Å². The van der Waals surface area contributed by atoms with Crippen LogP contribution in [-0.2, 0) is 20.9 Å². The van der Waals surface area contributed by atoms with Crippen LogP contribution in [0.1, 0.15) is 23.1 Å². The third-order valence-electron chi connectivity index (χ3n) is 3.75. The lowest BCUT2D eigenvalue weighted by atomic mass is 10.1. The average Bonchev–Trinajstić information content (AvgIpc) is 2.62. The van der Waals surface area contributed by atoms with Crippen molar-refractivity contribution in [1.29, 1.82) is 0 Å². The Labute approximate surface area is 153 Å². The molecule has 2 aromatic carbocycles. The minimum absolute atomic E-state index is 0.0972. The number of thioether (sulfide) groups is 1. The number of carbonyl (C=O) groups is 2. The van der Waals surface area contributed by atoms with Crippen molar-refractivity contribution in [3.63, 3.8) is 0 Å². The van der Waals surface area contributed by atoms with Gasteiger partial charge in [0.15, 0.2) is 0 Å². The Bertz CT molecular complexity index is 716. The maximum absolute atomic E-state index is 11.8. The Morgan fingerprint density at radius 2 is 1.80 bits per heavy atom. The van der Waals surface area contributed by atoms with Crippen LogP contribution in [0.3, 0.4) is 0 Å². The van der Waals surface area contributed by atoms with Gasteiger partial charge in [-0.25, -0.2) is 0 Å². The largest absolute Gasteiger partial charge is 0.460 e. The summed E-state index contributed by atoms with van der Waals surface area (Å²) in [4.78, 5) is 24.6. The van der Waals surface area contributed by atoms with E-state index in [1.165, 1.54) is 11.1 Å². The molecule has 0 aliphatic carbocycles. The van der Waals surface area contributed by atoms with Gasteiger partial charge in [-0.1, -0.05) is 36.4 Å². The third kappa shape index (κ3) is 7.01. The van der Waals surface area contributed by atoms with Crippen LogP contribution in [0, 0.1) is 13.8 Å². The maximum atomic E-state index is 11.8. The standard InChI is InChI=1S/C20H23NO3S/c1-15-8-9-18(12-16(15)2)25-11-10-19(22)21-13-20(23)24-14-17-6-4-3-5-7-17/h3-9,12H,10-11,13-14H2,1-2H3,(H,21,22). The number of esters is 1. The lowest BCUT2D eigenvalue weighted by Crippen LogP contribution is -2.30. The molecule has 0 spiro atoms. The molecule has 5 heteroatoms. The second-order valence-corrected chi connectivity index (χ2v) is 6.94. The molecule has 0 aromatic heterocycles. The van der Waals surface area contributed by atoms with Crippen LogP contribution in [0.4, 0.5) is 0 Å². The fraction of sp³-hybridized carbons (Fsp3) is 0.300. The first-order chi connectivity index (χ1) is 12.0. The number of hydrogen-bond acceptors (Lipinski definition) is 4. The zero-order valence-electron chi connectivity index (χ0n) is 14.6. The Hall–Kier alpha value is -2.27. The number of benzene rings is 2. The van der Waals surface area contributed by atoms with E-state index in [0.717, 1.165) is 10.5 Å². The third-order valence-corrected chi connectivity index (χ3v) is 4.74. The molecular weight excluding hydrogens is 334 g/mol. The van der Waals surface area contributed by atoms with E-state index in [2.05, 4.69) is 37.4 Å². The number of carbonyl (C=O) groups excluding carboxylic acids is 2. The summed E-state index contributed by atoms with van der Waals surface area (Å²) in [6, 6.07) is 15.7. The summed E-state index contributed by atoms with van der Waals surface area (Å²) in [5.74, 6) is 0.0972. The highest BCUT2D eigenvalue weighted by atomic mass is 32.2. The first-order valence-electron chi connectivity index (χ1n) is 8.21. The van der Waals surface area contributed by atoms with Crippen LogP contribution in [0.5, 0.6) is 0 Å². The van der Waals surface area contributed by atoms with Crippen molar-refractivity contribution in [3.05, 3.63) is 65.2 Å². The first-order valence-corrected chi connectivity index (χ1v) is 9.19. The minimum Gasteiger partial charge on any atom is -0.460 e. The van der Waals surface area contributed by atoms with E-state index in [0.29, 0.717) is 12.2 Å². The summed E-state index contributed by atoms with van der Waals surface area (Å²) in [6.45, 7) is 4.28. The van der Waals surface area contributed by atoms with Crippen LogP contribution in [0.2, 0.25) is 0 Å². The Kier molecular flexibility index (Phi) is 7.54. The second-order valence-electron chi connectivity index (χ2n) is 5.77. The van der Waals surface area contributed by atoms with Crippen molar-refractivity contribution >= 4 is 23.6 Å². The van der Waals surface area contributed by atoms with Crippen LogP contribution in [0.15, 0.2) is 53.4 Å². The van der Waals surface area contributed by atoms with Crippen molar-refractivity contribution < 1.29 is 14.3 Å². The predicted molar refractivity (Wildman–Crippen MR) is 101 cm³/mol. The van der Waals surface area contributed by atoms with Gasteiger partial charge < -0.3 is 10.1 Å². The molecule has 0 aliphatic rings. The van der Waals surface area contributed by atoms with Gasteiger partial charge in [0.2, 0.25) is 5.91 Å². The molecule has 0 unspecified atom stereocenters. The molecule has 0 saturated carbocycles. The zero-order valence-corrected chi connectivity index (χ0v) is 15.4. The molecule has 0 radical (unpaired) electrons. The van der Waals surface area contributed by atoms with E-state index in [1.807, 2.05) is 30.3 Å². The van der Waals surface area contributed by atoms with Gasteiger partial charge in [0.05, 0.1) is 0 Å². The fourth-order valence-corrected chi connectivity index (χ4v) is 3.06. The second kappa shape index (κ2) is 9.89. The summed E-state index contributed by atoms with van der Waals surface area (Å²) < 4.78 is 5.12. The number of hydrogen-bond donors (Lipinski definition) is 1. The molecule has 2 aromatic rings. The number of ether oxygens (including phenoxy) is 1. The van der Waals surface area contributed by atoms with E-state index in [4.69, 9.17) is 4.74 Å². The topological polar surface area (TPSA) is 55.4 Å². The highest BCUT2D eigenvalue weighted by molar-refractivity contribution is 7.99. The first kappa shape index (κ1) is 19.1. The van der Waals surface area contributed by atoms with Crippen LogP contribution < -0.4 is 5.32 Å². The average molecular weight is 357 g/mol. The van der Waals surface area contributed by atoms with Gasteiger partial charge in [0.1, 0.15) is 13.2 Å². The number of nitrogens with one attached hydrogen (secondary N) is 1. The van der Waals surface area contributed by atoms with Crippen molar-refractivity contribution in [2.75, 3.05) is 12.3 Å². The van der Waals surface area contributed by atoms with E-state index < -0.39 is 5.97 Å². The number of aryl methyl sites for hydroxylation is 2. The van der Waals surface area contributed by atoms with Gasteiger partial charge >= 0.3 is 5.97 Å². The molecule has 25 heavy (non-hydrogen) atoms. The molecule has 0 heterocycles. The molecule has 0 atom stereocenters. The van der Waals surface area contributed by atoms with Crippen molar-refractivity contribution in [3.8, 4) is 0 Å². The molecule has 0 fully saturated rings. The van der Waals surface area contributed by atoms with Crippen LogP contribution in [0.25, 0.3) is 0 Å². The molecule has 1 amide bonds. The maximum Gasteiger partial charge on any atom is 0.325 e. The summed E-state index contributed by atoms with van der Waals surface area (Å²) in [6.07, 6.45) is 0.365. The monoisotopic (exact) mass is 357 g/mol. The molecule has 0 saturated heterocycles. The fourth-order valence-electron chi connectivity index (χ4n) is 2.11. The van der Waals surface area contributed by atoms with Crippen molar-refractivity contribution in [2.24, 2.45) is 0 Å². The smallest absolute Gasteiger partial charge is 0.325 e. The Morgan fingerprint density at radius 3 is 2.52 bits per heavy atom. The Morgan fingerprint density at radius 1 is 1.04 bits per heavy atom. The van der Waals surface area contributed by atoms with Gasteiger partial charge in [0.25, 0.3) is 0 Å². The van der Waals surface area contributed by atoms with Gasteiger partial charge in [0, 0.05) is 17.1 Å². The van der Waals surface area contributed by atoms with Gasteiger partial charge in [-0.15, -0.1) is 11.8 Å². The van der Waals surface area contributed by atoms with Gasteiger partial charge in [-0.2, -0.15) is 0 Å². The molecule has 1 N–H and O–H groups in total. The minimum atomic E-state index is -0.431. The molecule has 2 rings (SSSR count). The Balaban J connectivity index is 1.61. The molecule has 0 aliphatic heterocycles. The summed E-state index contributed by atoms with van der Waals surface area (Å²) in [7, 11) is 0. The number of rotatable bonds is 8. The molecule has 0 bridgehead atoms. The van der Waals surface area contributed by atoms with E-state index in [-0.39, 0.29) is 19.1 Å². The predicted octanol–water partition coefficient (Wildman–Crippen LogP) is 3.65. The van der Waals surface area contributed by atoms with Crippen molar-refractivity contribution in [1.82, 2.24) is 5.32 Å². The molecule has 4 nitrogen and oxygen atoms in total. The highest BCUT2D eigenvalue weighted by Crippen LogP contribution is 2.21. The summed E-state index contributed by atoms with van der Waals surface area (Å²) in [5, 5.41) is 2.60. The lowest BCUT2D eigenvalue weighted by Gasteiger charge is -2.07. The SMILES string of the molecule is Cc1ccc(SCCC(=O)NCC(=O)OCc2ccccc2)cc1C. The molecule has 132 valence electrons. The van der Waals surface area contributed by atoms with E-state index in [1.54, 1.807) is 11.8 Å². The summed E-state index contributed by atoms with van der Waals surface area (Å²) >= 11 is 1.64. The van der Waals surface area contributed by atoms with E-state index in [9.17, 15) is 9.59 Å². The van der Waals surface area contributed by atoms with Crippen LogP contribution in [-0.4, -0.2) is 24.2 Å². The van der Waals surface area contributed by atoms with Gasteiger partial charge in [-0.05, 0) is 42.7 Å². The van der Waals surface area contributed by atoms with E-state index >= 15 is 0 Å². The zero-order chi connectivity index (χ0) is 18.1. The normalized spacial score (nSPS) is 10.3.